The summed E-state index contributed by atoms with van der Waals surface area (Å²) in [6.07, 6.45) is 2.71. The smallest absolute Gasteiger partial charge is 0.240 e. The lowest BCUT2D eigenvalue weighted by Gasteiger charge is -2.07. The molecule has 0 unspecified atom stereocenters. The molecule has 108 valence electrons. The third-order valence-corrected chi connectivity index (χ3v) is 4.63. The van der Waals surface area contributed by atoms with E-state index in [1.807, 2.05) is 39.2 Å². The summed E-state index contributed by atoms with van der Waals surface area (Å²) in [4.78, 5) is 0.288. The van der Waals surface area contributed by atoms with Gasteiger partial charge in [0.05, 0.1) is 10.6 Å². The molecule has 0 aliphatic heterocycles. The molecule has 0 radical (unpaired) electrons. The summed E-state index contributed by atoms with van der Waals surface area (Å²) in [5.41, 5.74) is 2.82. The number of hydrogen-bond donors (Lipinski definition) is 1. The predicted octanol–water partition coefficient (Wildman–Crippen LogP) is 1.77. The Labute approximate surface area is 119 Å². The fraction of sp³-hybridized carbons (Fsp3) is 0.357. The van der Waals surface area contributed by atoms with Gasteiger partial charge in [-0.05, 0) is 31.0 Å². The zero-order valence-electron chi connectivity index (χ0n) is 11.9. The SMILES string of the molecule is CCc1ccc(S(=O)(=O)NCc2cn(C)nc2C)cc1. The molecule has 1 heterocycles. The molecule has 0 saturated carbocycles. The number of nitrogens with zero attached hydrogens (tertiary/aromatic N) is 2. The van der Waals surface area contributed by atoms with E-state index in [2.05, 4.69) is 9.82 Å². The third-order valence-electron chi connectivity index (χ3n) is 3.21. The van der Waals surface area contributed by atoms with Crippen molar-refractivity contribution in [2.45, 2.75) is 31.7 Å². The molecule has 1 aromatic heterocycles. The number of hydrogen-bond acceptors (Lipinski definition) is 3. The number of aryl methyl sites for hydroxylation is 3. The molecule has 0 spiro atoms. The molecular weight excluding hydrogens is 274 g/mol. The molecule has 0 aliphatic carbocycles. The van der Waals surface area contributed by atoms with Crippen LogP contribution in [0, 0.1) is 6.92 Å². The molecule has 20 heavy (non-hydrogen) atoms. The van der Waals surface area contributed by atoms with Gasteiger partial charge in [-0.25, -0.2) is 13.1 Å². The standard InChI is InChI=1S/C14H19N3O2S/c1-4-12-5-7-14(8-6-12)20(18,19)15-9-13-10-17(3)16-11(13)2/h5-8,10,15H,4,9H2,1-3H3. The molecule has 0 amide bonds. The zero-order chi connectivity index (χ0) is 14.8. The summed E-state index contributed by atoms with van der Waals surface area (Å²) in [6.45, 7) is 4.14. The fourth-order valence-electron chi connectivity index (χ4n) is 1.98. The van der Waals surface area contributed by atoms with Crippen molar-refractivity contribution in [3.05, 3.63) is 47.3 Å². The van der Waals surface area contributed by atoms with Gasteiger partial charge in [0.1, 0.15) is 0 Å². The van der Waals surface area contributed by atoms with Gasteiger partial charge in [-0.2, -0.15) is 5.10 Å². The topological polar surface area (TPSA) is 64.0 Å². The highest BCUT2D eigenvalue weighted by molar-refractivity contribution is 7.89. The van der Waals surface area contributed by atoms with Crippen LogP contribution < -0.4 is 4.72 Å². The van der Waals surface area contributed by atoms with Crippen LogP contribution in [0.2, 0.25) is 0 Å². The lowest BCUT2D eigenvalue weighted by Crippen LogP contribution is -2.23. The summed E-state index contributed by atoms with van der Waals surface area (Å²) in [6, 6.07) is 6.95. The van der Waals surface area contributed by atoms with Crippen LogP contribution in [0.15, 0.2) is 35.4 Å². The number of rotatable bonds is 5. The van der Waals surface area contributed by atoms with Gasteiger partial charge < -0.3 is 0 Å². The normalized spacial score (nSPS) is 11.8. The molecular formula is C14H19N3O2S. The van der Waals surface area contributed by atoms with Crippen molar-refractivity contribution in [3.63, 3.8) is 0 Å². The maximum Gasteiger partial charge on any atom is 0.240 e. The molecule has 1 aromatic carbocycles. The van der Waals surface area contributed by atoms with Gasteiger partial charge in [0.25, 0.3) is 0 Å². The Bertz CT molecular complexity index is 688. The van der Waals surface area contributed by atoms with Crippen molar-refractivity contribution in [1.82, 2.24) is 14.5 Å². The van der Waals surface area contributed by atoms with Crippen LogP contribution >= 0.6 is 0 Å². The highest BCUT2D eigenvalue weighted by atomic mass is 32.2. The first kappa shape index (κ1) is 14.7. The second-order valence-corrected chi connectivity index (χ2v) is 6.50. The Kier molecular flexibility index (Phi) is 4.25. The maximum atomic E-state index is 12.2. The van der Waals surface area contributed by atoms with Crippen molar-refractivity contribution in [1.29, 1.82) is 0 Å². The first-order chi connectivity index (χ1) is 9.42. The van der Waals surface area contributed by atoms with Crippen LogP contribution in [0.25, 0.3) is 0 Å². The molecule has 2 aromatic rings. The summed E-state index contributed by atoms with van der Waals surface area (Å²) in [5.74, 6) is 0. The van der Waals surface area contributed by atoms with Crippen molar-refractivity contribution in [3.8, 4) is 0 Å². The summed E-state index contributed by atoms with van der Waals surface area (Å²) < 4.78 is 28.6. The zero-order valence-corrected chi connectivity index (χ0v) is 12.7. The van der Waals surface area contributed by atoms with Gasteiger partial charge in [0, 0.05) is 25.4 Å². The Morgan fingerprint density at radius 1 is 1.25 bits per heavy atom. The van der Waals surface area contributed by atoms with Crippen LogP contribution in [-0.4, -0.2) is 18.2 Å². The third kappa shape index (κ3) is 3.26. The van der Waals surface area contributed by atoms with E-state index in [0.29, 0.717) is 0 Å². The van der Waals surface area contributed by atoms with E-state index in [-0.39, 0.29) is 11.4 Å². The molecule has 1 N–H and O–H groups in total. The van der Waals surface area contributed by atoms with Crippen LogP contribution in [0.5, 0.6) is 0 Å². The van der Waals surface area contributed by atoms with Crippen molar-refractivity contribution < 1.29 is 8.42 Å². The van der Waals surface area contributed by atoms with E-state index < -0.39 is 10.0 Å². The largest absolute Gasteiger partial charge is 0.275 e. The van der Waals surface area contributed by atoms with Crippen molar-refractivity contribution >= 4 is 10.0 Å². The predicted molar refractivity (Wildman–Crippen MR) is 77.8 cm³/mol. The highest BCUT2D eigenvalue weighted by Gasteiger charge is 2.14. The first-order valence-corrected chi connectivity index (χ1v) is 7.98. The lowest BCUT2D eigenvalue weighted by molar-refractivity contribution is 0.581. The van der Waals surface area contributed by atoms with Gasteiger partial charge >= 0.3 is 0 Å². The molecule has 0 saturated heterocycles. The second-order valence-electron chi connectivity index (χ2n) is 4.74. The average molecular weight is 293 g/mol. The van der Waals surface area contributed by atoms with E-state index in [1.165, 1.54) is 0 Å². The summed E-state index contributed by atoms with van der Waals surface area (Å²) in [5, 5.41) is 4.19. The molecule has 5 nitrogen and oxygen atoms in total. The minimum atomic E-state index is -3.48. The van der Waals surface area contributed by atoms with E-state index in [9.17, 15) is 8.42 Å². The summed E-state index contributed by atoms with van der Waals surface area (Å²) >= 11 is 0. The van der Waals surface area contributed by atoms with Crippen molar-refractivity contribution in [2.75, 3.05) is 0 Å². The number of aromatic nitrogens is 2. The van der Waals surface area contributed by atoms with E-state index >= 15 is 0 Å². The molecule has 6 heteroatoms. The van der Waals surface area contributed by atoms with Crippen LogP contribution in [0.1, 0.15) is 23.7 Å². The second kappa shape index (κ2) is 5.76. The van der Waals surface area contributed by atoms with Crippen LogP contribution in [0.4, 0.5) is 0 Å². The van der Waals surface area contributed by atoms with Crippen LogP contribution in [-0.2, 0) is 30.0 Å². The highest BCUT2D eigenvalue weighted by Crippen LogP contribution is 2.12. The summed E-state index contributed by atoms with van der Waals surface area (Å²) in [7, 11) is -1.66. The minimum Gasteiger partial charge on any atom is -0.275 e. The number of sulfonamides is 1. The van der Waals surface area contributed by atoms with E-state index in [0.717, 1.165) is 23.2 Å². The Hall–Kier alpha value is -1.66. The lowest BCUT2D eigenvalue weighted by atomic mass is 10.2. The number of nitrogens with one attached hydrogen (secondary N) is 1. The van der Waals surface area contributed by atoms with Gasteiger partial charge in [0.2, 0.25) is 10.0 Å². The Morgan fingerprint density at radius 3 is 2.40 bits per heavy atom. The maximum absolute atomic E-state index is 12.2. The van der Waals surface area contributed by atoms with Crippen molar-refractivity contribution in [2.24, 2.45) is 7.05 Å². The first-order valence-electron chi connectivity index (χ1n) is 6.50. The fourth-order valence-corrected chi connectivity index (χ4v) is 2.99. The molecule has 0 fully saturated rings. The molecule has 2 rings (SSSR count). The number of benzene rings is 1. The minimum absolute atomic E-state index is 0.248. The van der Waals surface area contributed by atoms with Gasteiger partial charge in [-0.15, -0.1) is 0 Å². The van der Waals surface area contributed by atoms with E-state index in [4.69, 9.17) is 0 Å². The molecule has 0 aliphatic rings. The monoisotopic (exact) mass is 293 g/mol. The molecule has 0 atom stereocenters. The quantitative estimate of drug-likeness (QED) is 0.913. The van der Waals surface area contributed by atoms with Gasteiger partial charge in [0.15, 0.2) is 0 Å². The van der Waals surface area contributed by atoms with Gasteiger partial charge in [-0.3, -0.25) is 4.68 Å². The van der Waals surface area contributed by atoms with Gasteiger partial charge in [-0.1, -0.05) is 19.1 Å². The Morgan fingerprint density at radius 2 is 1.90 bits per heavy atom. The Balaban J connectivity index is 2.12. The molecule has 0 bridgehead atoms. The van der Waals surface area contributed by atoms with E-state index in [1.54, 1.807) is 16.8 Å². The van der Waals surface area contributed by atoms with Crippen LogP contribution in [0.3, 0.4) is 0 Å². The average Bonchev–Trinajstić information content (AvgIpc) is 2.75.